The van der Waals surface area contributed by atoms with E-state index in [0.717, 1.165) is 0 Å². The molecule has 3 heteroatoms. The summed E-state index contributed by atoms with van der Waals surface area (Å²) < 4.78 is 0. The molecule has 1 atom stereocenters. The molecule has 0 heterocycles. The third-order valence-electron chi connectivity index (χ3n) is 0.861. The van der Waals surface area contributed by atoms with E-state index in [4.69, 9.17) is 5.11 Å². The predicted molar refractivity (Wildman–Crippen MR) is 33.3 cm³/mol. The Morgan fingerprint density at radius 2 is 2.29 bits per heavy atom. The van der Waals surface area contributed by atoms with Gasteiger partial charge in [-0.3, -0.25) is 4.90 Å². The molecule has 0 bridgehead atoms. The van der Waals surface area contributed by atoms with E-state index in [2.05, 4.69) is 12.6 Å². The van der Waals surface area contributed by atoms with Crippen molar-refractivity contribution in [1.82, 2.24) is 4.90 Å². The zero-order valence-corrected chi connectivity index (χ0v) is 5.52. The maximum Gasteiger partial charge on any atom is 0.104 e. The summed E-state index contributed by atoms with van der Waals surface area (Å²) in [6, 6.07) is 0. The minimum Gasteiger partial charge on any atom is -0.379 e. The Morgan fingerprint density at radius 3 is 2.29 bits per heavy atom. The summed E-state index contributed by atoms with van der Waals surface area (Å²) in [4.78, 5) is 1.71. The summed E-state index contributed by atoms with van der Waals surface area (Å²) in [6.07, 6.45) is -0.377. The number of rotatable bonds is 2. The molecule has 0 amide bonds. The highest BCUT2D eigenvalue weighted by Gasteiger charge is 1.98. The van der Waals surface area contributed by atoms with Crippen LogP contribution in [0.2, 0.25) is 0 Å². The van der Waals surface area contributed by atoms with E-state index in [1.54, 1.807) is 18.9 Å². The van der Waals surface area contributed by atoms with Crippen molar-refractivity contribution >= 4 is 12.6 Å². The van der Waals surface area contributed by atoms with E-state index in [-0.39, 0.29) is 6.23 Å². The lowest BCUT2D eigenvalue weighted by atomic mass is 10.6. The second kappa shape index (κ2) is 3.29. The molecule has 0 aliphatic heterocycles. The van der Waals surface area contributed by atoms with Crippen LogP contribution < -0.4 is 0 Å². The lowest BCUT2D eigenvalue weighted by molar-refractivity contribution is 0.0534. The van der Waals surface area contributed by atoms with Crippen LogP contribution in [-0.4, -0.2) is 29.2 Å². The normalized spacial score (nSPS) is 15.0. The van der Waals surface area contributed by atoms with Crippen molar-refractivity contribution in [2.75, 3.05) is 12.9 Å². The molecule has 0 aromatic rings. The Hall–Kier alpha value is 0.270. The molecular formula is C4H11NOS. The number of aliphatic hydroxyl groups is 1. The molecule has 0 aliphatic rings. The van der Waals surface area contributed by atoms with Gasteiger partial charge in [-0.2, -0.15) is 12.6 Å². The van der Waals surface area contributed by atoms with Crippen molar-refractivity contribution in [1.29, 1.82) is 0 Å². The zero-order chi connectivity index (χ0) is 5.86. The molecule has 0 aromatic carbocycles. The molecule has 0 saturated heterocycles. The second-order valence-corrected chi connectivity index (χ2v) is 1.81. The largest absolute Gasteiger partial charge is 0.379 e. The molecule has 0 saturated carbocycles. The molecule has 0 radical (unpaired) electrons. The van der Waals surface area contributed by atoms with Crippen LogP contribution in [0.25, 0.3) is 0 Å². The van der Waals surface area contributed by atoms with Crippen molar-refractivity contribution in [2.45, 2.75) is 13.2 Å². The number of hydrogen-bond acceptors (Lipinski definition) is 3. The summed E-state index contributed by atoms with van der Waals surface area (Å²) in [6.45, 7) is 1.70. The topological polar surface area (TPSA) is 23.5 Å². The minimum absolute atomic E-state index is 0.377. The first-order chi connectivity index (χ1) is 3.18. The average Bonchev–Trinajstić information content (AvgIpc) is 1.65. The van der Waals surface area contributed by atoms with Gasteiger partial charge in [-0.05, 0) is 14.0 Å². The lowest BCUT2D eigenvalue weighted by Gasteiger charge is -2.15. The third-order valence-corrected chi connectivity index (χ3v) is 1.31. The quantitative estimate of drug-likeness (QED) is 0.401. The fraction of sp³-hybridized carbons (Fsp3) is 1.00. The van der Waals surface area contributed by atoms with Gasteiger partial charge in [0.25, 0.3) is 0 Å². The molecule has 44 valence electrons. The highest BCUT2D eigenvalue weighted by molar-refractivity contribution is 7.80. The van der Waals surface area contributed by atoms with Gasteiger partial charge in [0, 0.05) is 5.88 Å². The maximum atomic E-state index is 8.70. The predicted octanol–water partition coefficient (Wildman–Crippen LogP) is 0.144. The Morgan fingerprint density at radius 1 is 1.86 bits per heavy atom. The number of hydrogen-bond donors (Lipinski definition) is 2. The molecule has 0 aromatic heterocycles. The lowest BCUT2D eigenvalue weighted by Crippen LogP contribution is -2.26. The monoisotopic (exact) mass is 121 g/mol. The van der Waals surface area contributed by atoms with Crippen molar-refractivity contribution in [3.8, 4) is 0 Å². The van der Waals surface area contributed by atoms with Crippen LogP contribution in [0.4, 0.5) is 0 Å². The third kappa shape index (κ3) is 2.91. The molecule has 1 unspecified atom stereocenters. The summed E-state index contributed by atoms with van der Waals surface area (Å²) in [5.41, 5.74) is 0. The van der Waals surface area contributed by atoms with Crippen molar-refractivity contribution in [3.63, 3.8) is 0 Å². The summed E-state index contributed by atoms with van der Waals surface area (Å²) in [7, 11) is 1.80. The summed E-state index contributed by atoms with van der Waals surface area (Å²) >= 11 is 3.92. The van der Waals surface area contributed by atoms with Crippen LogP contribution in [0.1, 0.15) is 6.92 Å². The van der Waals surface area contributed by atoms with Gasteiger partial charge >= 0.3 is 0 Å². The average molecular weight is 121 g/mol. The molecule has 1 N–H and O–H groups in total. The Bertz CT molecular complexity index is 49.0. The Kier molecular flexibility index (Phi) is 3.42. The second-order valence-electron chi connectivity index (χ2n) is 1.53. The SMILES string of the molecule is CC(O)N(C)CS. The molecule has 0 fully saturated rings. The van der Waals surface area contributed by atoms with Crippen LogP contribution in [0.3, 0.4) is 0 Å². The highest BCUT2D eigenvalue weighted by atomic mass is 32.1. The van der Waals surface area contributed by atoms with Gasteiger partial charge in [-0.1, -0.05) is 0 Å². The number of aliphatic hydroxyl groups excluding tert-OH is 1. The number of nitrogens with zero attached hydrogens (tertiary/aromatic N) is 1. The van der Waals surface area contributed by atoms with Gasteiger partial charge in [-0.25, -0.2) is 0 Å². The van der Waals surface area contributed by atoms with E-state index in [9.17, 15) is 0 Å². The van der Waals surface area contributed by atoms with Gasteiger partial charge in [0.2, 0.25) is 0 Å². The number of thiol groups is 1. The van der Waals surface area contributed by atoms with E-state index in [0.29, 0.717) is 5.88 Å². The Labute approximate surface area is 49.5 Å². The minimum atomic E-state index is -0.377. The van der Waals surface area contributed by atoms with E-state index < -0.39 is 0 Å². The molecular weight excluding hydrogens is 110 g/mol. The first-order valence-corrected chi connectivity index (χ1v) is 2.81. The van der Waals surface area contributed by atoms with Gasteiger partial charge < -0.3 is 5.11 Å². The smallest absolute Gasteiger partial charge is 0.104 e. The van der Waals surface area contributed by atoms with E-state index in [1.165, 1.54) is 0 Å². The van der Waals surface area contributed by atoms with Crippen LogP contribution in [0.5, 0.6) is 0 Å². The van der Waals surface area contributed by atoms with Crippen molar-refractivity contribution < 1.29 is 5.11 Å². The van der Waals surface area contributed by atoms with Crippen LogP contribution in [0.15, 0.2) is 0 Å². The van der Waals surface area contributed by atoms with Gasteiger partial charge in [0.1, 0.15) is 6.23 Å². The molecule has 0 rings (SSSR count). The standard InChI is InChI=1S/C4H11NOS/c1-4(6)5(2)3-7/h4,6-7H,3H2,1-2H3. The first-order valence-electron chi connectivity index (χ1n) is 2.17. The Balaban J connectivity index is 3.14. The van der Waals surface area contributed by atoms with Crippen LogP contribution in [0, 0.1) is 0 Å². The fourth-order valence-electron chi connectivity index (χ4n) is 0.118. The molecule has 0 spiro atoms. The van der Waals surface area contributed by atoms with Crippen molar-refractivity contribution in [2.24, 2.45) is 0 Å². The molecule has 0 aliphatic carbocycles. The maximum absolute atomic E-state index is 8.70. The van der Waals surface area contributed by atoms with Crippen LogP contribution >= 0.6 is 12.6 Å². The summed E-state index contributed by atoms with van der Waals surface area (Å²) in [5, 5.41) is 8.70. The van der Waals surface area contributed by atoms with Gasteiger partial charge in [-0.15, -0.1) is 0 Å². The van der Waals surface area contributed by atoms with E-state index >= 15 is 0 Å². The fourth-order valence-corrected chi connectivity index (χ4v) is 0.354. The van der Waals surface area contributed by atoms with E-state index in [1.807, 2.05) is 0 Å². The zero-order valence-electron chi connectivity index (χ0n) is 4.63. The summed E-state index contributed by atoms with van der Waals surface area (Å²) in [5.74, 6) is 0.595. The highest BCUT2D eigenvalue weighted by Crippen LogP contribution is 1.89. The first kappa shape index (κ1) is 7.27. The molecule has 7 heavy (non-hydrogen) atoms. The van der Waals surface area contributed by atoms with Gasteiger partial charge in [0.05, 0.1) is 0 Å². The molecule has 2 nitrogen and oxygen atoms in total. The van der Waals surface area contributed by atoms with Crippen LogP contribution in [-0.2, 0) is 0 Å². The van der Waals surface area contributed by atoms with Gasteiger partial charge in [0.15, 0.2) is 0 Å². The van der Waals surface area contributed by atoms with Crippen molar-refractivity contribution in [3.05, 3.63) is 0 Å².